The highest BCUT2D eigenvalue weighted by atomic mass is 16.7. The largest absolute Gasteiger partial charge is 0.301 e. The first-order valence-electron chi connectivity index (χ1n) is 9.67. The second-order valence-electron chi connectivity index (χ2n) is 8.34. The van der Waals surface area contributed by atoms with Crippen LogP contribution in [0.1, 0.15) is 17.5 Å². The highest BCUT2D eigenvalue weighted by molar-refractivity contribution is 5.92. The van der Waals surface area contributed by atoms with Gasteiger partial charge < -0.3 is 5.32 Å². The summed E-state index contributed by atoms with van der Waals surface area (Å²) < 4.78 is 0. The number of hydrogen-bond donors (Lipinski definition) is 1. The van der Waals surface area contributed by atoms with Gasteiger partial charge in [-0.25, -0.2) is 5.06 Å². The fraction of sp³-hybridized carbons (Fsp3) is 0.409. The van der Waals surface area contributed by atoms with Crippen LogP contribution in [-0.4, -0.2) is 47.6 Å². The number of benzene rings is 2. The van der Waals surface area contributed by atoms with E-state index in [2.05, 4.69) is 40.5 Å². The van der Waals surface area contributed by atoms with Gasteiger partial charge in [0.05, 0.1) is 6.54 Å². The molecule has 2 aromatic rings. The molecule has 5 nitrogen and oxygen atoms in total. The number of nitrogens with one attached hydrogen (secondary N) is 1. The van der Waals surface area contributed by atoms with Gasteiger partial charge in [0, 0.05) is 31.6 Å². The van der Waals surface area contributed by atoms with Crippen LogP contribution >= 0.6 is 0 Å². The number of rotatable bonds is 5. The third-order valence-electron chi connectivity index (χ3n) is 6.12. The Bertz CT molecular complexity index is 820. The minimum Gasteiger partial charge on any atom is -0.301 e. The molecule has 1 amide bonds. The standard InChI is InChI=1S/C22H25N3O2/c26-20-22(17-25(20)27-12-19-9-5-2-6-10-19)13-21(14-23-22)15-24(16-21)11-18-7-3-1-4-8-18/h1-10,23H,11-17H2. The Kier molecular flexibility index (Phi) is 4.04. The number of nitrogens with zero attached hydrogens (tertiary/aromatic N) is 2. The Morgan fingerprint density at radius 2 is 1.59 bits per heavy atom. The average Bonchev–Trinajstić information content (AvgIpc) is 3.09. The second-order valence-corrected chi connectivity index (χ2v) is 8.34. The summed E-state index contributed by atoms with van der Waals surface area (Å²) in [5.41, 5.74) is 2.29. The topological polar surface area (TPSA) is 44.8 Å². The summed E-state index contributed by atoms with van der Waals surface area (Å²) in [6, 6.07) is 20.6. The fourth-order valence-corrected chi connectivity index (χ4v) is 4.83. The zero-order valence-electron chi connectivity index (χ0n) is 15.4. The number of amides is 1. The summed E-state index contributed by atoms with van der Waals surface area (Å²) in [7, 11) is 0. The van der Waals surface area contributed by atoms with Crippen LogP contribution in [0.2, 0.25) is 0 Å². The third-order valence-corrected chi connectivity index (χ3v) is 6.12. The van der Waals surface area contributed by atoms with Crippen molar-refractivity contribution in [3.63, 3.8) is 0 Å². The maximum atomic E-state index is 12.7. The lowest BCUT2D eigenvalue weighted by Crippen LogP contribution is -2.71. The molecule has 1 N–H and O–H groups in total. The Labute approximate surface area is 159 Å². The van der Waals surface area contributed by atoms with Gasteiger partial charge in [0.2, 0.25) is 0 Å². The van der Waals surface area contributed by atoms with Crippen molar-refractivity contribution in [2.45, 2.75) is 25.1 Å². The summed E-state index contributed by atoms with van der Waals surface area (Å²) in [5.74, 6) is 0.0943. The molecule has 3 heterocycles. The SMILES string of the molecule is O=C1N(OCc2ccccc2)CC12CC1(CN2)CN(Cc2ccccc2)C1. The van der Waals surface area contributed by atoms with Crippen molar-refractivity contribution < 1.29 is 9.63 Å². The van der Waals surface area contributed by atoms with E-state index in [1.165, 1.54) is 10.6 Å². The van der Waals surface area contributed by atoms with Crippen molar-refractivity contribution in [2.24, 2.45) is 5.41 Å². The molecule has 140 valence electrons. The van der Waals surface area contributed by atoms with Gasteiger partial charge in [-0.15, -0.1) is 0 Å². The number of hydrogen-bond acceptors (Lipinski definition) is 4. The quantitative estimate of drug-likeness (QED) is 0.828. The molecule has 0 aromatic heterocycles. The summed E-state index contributed by atoms with van der Waals surface area (Å²) in [6.07, 6.45) is 0.926. The second kappa shape index (κ2) is 6.44. The van der Waals surface area contributed by atoms with E-state index in [1.54, 1.807) is 0 Å². The van der Waals surface area contributed by atoms with Crippen molar-refractivity contribution in [1.82, 2.24) is 15.3 Å². The van der Waals surface area contributed by atoms with Crippen LogP contribution < -0.4 is 5.32 Å². The van der Waals surface area contributed by atoms with Crippen LogP contribution in [0.3, 0.4) is 0 Å². The Balaban J connectivity index is 1.13. The highest BCUT2D eigenvalue weighted by Gasteiger charge is 2.63. The van der Waals surface area contributed by atoms with Crippen molar-refractivity contribution in [1.29, 1.82) is 0 Å². The lowest BCUT2D eigenvalue weighted by atomic mass is 9.72. The van der Waals surface area contributed by atoms with Crippen LogP contribution in [0.15, 0.2) is 60.7 Å². The molecule has 3 aliphatic heterocycles. The molecule has 3 aliphatic rings. The molecular weight excluding hydrogens is 338 g/mol. The van der Waals surface area contributed by atoms with Crippen molar-refractivity contribution >= 4 is 5.91 Å². The number of hydroxylamine groups is 2. The Morgan fingerprint density at radius 3 is 2.26 bits per heavy atom. The molecule has 27 heavy (non-hydrogen) atoms. The maximum absolute atomic E-state index is 12.7. The fourth-order valence-electron chi connectivity index (χ4n) is 4.83. The van der Waals surface area contributed by atoms with E-state index >= 15 is 0 Å². The molecule has 0 saturated carbocycles. The van der Waals surface area contributed by atoms with E-state index in [1.807, 2.05) is 30.3 Å². The first kappa shape index (κ1) is 16.9. The van der Waals surface area contributed by atoms with Gasteiger partial charge in [-0.3, -0.25) is 14.5 Å². The van der Waals surface area contributed by atoms with Crippen molar-refractivity contribution in [3.05, 3.63) is 71.8 Å². The predicted octanol–water partition coefficient (Wildman–Crippen LogP) is 2.19. The van der Waals surface area contributed by atoms with Gasteiger partial charge in [0.1, 0.15) is 12.1 Å². The normalized spacial score (nSPS) is 26.4. The van der Waals surface area contributed by atoms with E-state index in [0.29, 0.717) is 13.2 Å². The van der Waals surface area contributed by atoms with Crippen LogP contribution in [0.4, 0.5) is 0 Å². The van der Waals surface area contributed by atoms with Gasteiger partial charge >= 0.3 is 0 Å². The van der Waals surface area contributed by atoms with Crippen LogP contribution in [0.25, 0.3) is 0 Å². The van der Waals surface area contributed by atoms with Crippen molar-refractivity contribution in [3.8, 4) is 0 Å². The molecule has 0 radical (unpaired) electrons. The number of carbonyl (C=O) groups excluding carboxylic acids is 1. The Morgan fingerprint density at radius 1 is 0.926 bits per heavy atom. The van der Waals surface area contributed by atoms with Gasteiger partial charge in [-0.05, 0) is 17.5 Å². The molecular formula is C22H25N3O2. The van der Waals surface area contributed by atoms with E-state index < -0.39 is 5.54 Å². The minimum atomic E-state index is -0.393. The molecule has 2 aromatic carbocycles. The van der Waals surface area contributed by atoms with E-state index in [0.717, 1.165) is 38.2 Å². The highest BCUT2D eigenvalue weighted by Crippen LogP contribution is 2.46. The summed E-state index contributed by atoms with van der Waals surface area (Å²) >= 11 is 0. The molecule has 5 rings (SSSR count). The lowest BCUT2D eigenvalue weighted by molar-refractivity contribution is -0.232. The van der Waals surface area contributed by atoms with Gasteiger partial charge in [-0.1, -0.05) is 60.7 Å². The minimum absolute atomic E-state index is 0.0943. The summed E-state index contributed by atoms with van der Waals surface area (Å²) in [5, 5.41) is 5.05. The van der Waals surface area contributed by atoms with E-state index in [-0.39, 0.29) is 11.3 Å². The van der Waals surface area contributed by atoms with Crippen LogP contribution in [0.5, 0.6) is 0 Å². The zero-order valence-corrected chi connectivity index (χ0v) is 15.4. The van der Waals surface area contributed by atoms with E-state index in [4.69, 9.17) is 4.84 Å². The first-order chi connectivity index (χ1) is 13.2. The number of carbonyl (C=O) groups is 1. The van der Waals surface area contributed by atoms with Crippen molar-refractivity contribution in [2.75, 3.05) is 26.2 Å². The maximum Gasteiger partial charge on any atom is 0.268 e. The molecule has 1 unspecified atom stereocenters. The third kappa shape index (κ3) is 3.06. The van der Waals surface area contributed by atoms with Crippen LogP contribution in [0, 0.1) is 5.41 Å². The van der Waals surface area contributed by atoms with Gasteiger partial charge in [0.25, 0.3) is 5.91 Å². The zero-order chi connectivity index (χ0) is 18.3. The van der Waals surface area contributed by atoms with Crippen LogP contribution in [-0.2, 0) is 22.8 Å². The first-order valence-corrected chi connectivity index (χ1v) is 9.67. The molecule has 0 bridgehead atoms. The molecule has 3 fully saturated rings. The molecule has 1 atom stereocenters. The number of likely N-dealkylation sites (tertiary alicyclic amines) is 1. The smallest absolute Gasteiger partial charge is 0.268 e. The Hall–Kier alpha value is -2.21. The summed E-state index contributed by atoms with van der Waals surface area (Å²) in [4.78, 5) is 20.9. The molecule has 3 saturated heterocycles. The van der Waals surface area contributed by atoms with E-state index in [9.17, 15) is 4.79 Å². The van der Waals surface area contributed by atoms with Gasteiger partial charge in [-0.2, -0.15) is 0 Å². The number of β-lactam (4-membered cyclic amide) rings is 1. The van der Waals surface area contributed by atoms with Gasteiger partial charge in [0.15, 0.2) is 0 Å². The predicted molar refractivity (Wildman–Crippen MR) is 102 cm³/mol. The average molecular weight is 363 g/mol. The summed E-state index contributed by atoms with van der Waals surface area (Å²) in [6.45, 7) is 5.15. The molecule has 0 aliphatic carbocycles. The molecule has 5 heteroatoms. The molecule has 2 spiro atoms. The lowest BCUT2D eigenvalue weighted by Gasteiger charge is -2.50. The monoisotopic (exact) mass is 363 g/mol.